The molecule has 1 N–H and O–H groups in total. The summed E-state index contributed by atoms with van der Waals surface area (Å²) in [5.74, 6) is 1.58. The standard InChI is InChI=1S/C18H26N2S/c1-12(2)14-8-4-5-9-15(14)19-13(3)18-20-16-10-6-7-11-17(16)21-18/h6-7,10-15,19H,4-5,8-9H2,1-3H3. The van der Waals surface area contributed by atoms with Crippen molar-refractivity contribution in [1.82, 2.24) is 10.3 Å². The summed E-state index contributed by atoms with van der Waals surface area (Å²) in [4.78, 5) is 4.80. The van der Waals surface area contributed by atoms with Crippen molar-refractivity contribution < 1.29 is 0 Å². The predicted octanol–water partition coefficient (Wildman–Crippen LogP) is 5.16. The Balaban J connectivity index is 1.73. The van der Waals surface area contributed by atoms with Gasteiger partial charge in [-0.05, 0) is 43.7 Å². The molecular weight excluding hydrogens is 276 g/mol. The van der Waals surface area contributed by atoms with Gasteiger partial charge >= 0.3 is 0 Å². The maximum Gasteiger partial charge on any atom is 0.111 e. The minimum absolute atomic E-state index is 0.353. The number of hydrogen-bond acceptors (Lipinski definition) is 3. The van der Waals surface area contributed by atoms with Crippen LogP contribution in [0.2, 0.25) is 0 Å². The number of para-hydroxylation sites is 1. The molecule has 0 radical (unpaired) electrons. The number of rotatable bonds is 4. The summed E-state index contributed by atoms with van der Waals surface area (Å²) in [6.45, 7) is 7.00. The van der Waals surface area contributed by atoms with E-state index >= 15 is 0 Å². The van der Waals surface area contributed by atoms with E-state index in [2.05, 4.69) is 50.4 Å². The second-order valence-corrected chi connectivity index (χ2v) is 7.77. The summed E-state index contributed by atoms with van der Waals surface area (Å²) in [5.41, 5.74) is 1.13. The van der Waals surface area contributed by atoms with Crippen LogP contribution < -0.4 is 5.32 Å². The molecule has 1 aliphatic rings. The first-order chi connectivity index (χ1) is 10.1. The van der Waals surface area contributed by atoms with Crippen LogP contribution >= 0.6 is 11.3 Å². The van der Waals surface area contributed by atoms with E-state index in [1.807, 2.05) is 11.3 Å². The van der Waals surface area contributed by atoms with Crippen LogP contribution in [-0.2, 0) is 0 Å². The van der Waals surface area contributed by atoms with Gasteiger partial charge in [-0.3, -0.25) is 0 Å². The van der Waals surface area contributed by atoms with E-state index in [4.69, 9.17) is 4.98 Å². The molecule has 0 aliphatic heterocycles. The van der Waals surface area contributed by atoms with Crippen molar-refractivity contribution in [2.24, 2.45) is 11.8 Å². The summed E-state index contributed by atoms with van der Waals surface area (Å²) in [6, 6.07) is 9.45. The van der Waals surface area contributed by atoms with Gasteiger partial charge in [0.1, 0.15) is 5.01 Å². The van der Waals surface area contributed by atoms with Crippen molar-refractivity contribution in [2.75, 3.05) is 0 Å². The molecule has 2 aromatic rings. The molecule has 0 saturated heterocycles. The maximum absolute atomic E-state index is 4.80. The van der Waals surface area contributed by atoms with Gasteiger partial charge < -0.3 is 5.32 Å². The van der Waals surface area contributed by atoms with E-state index < -0.39 is 0 Å². The minimum Gasteiger partial charge on any atom is -0.305 e. The van der Waals surface area contributed by atoms with Gasteiger partial charge in [-0.1, -0.05) is 38.8 Å². The van der Waals surface area contributed by atoms with E-state index in [1.54, 1.807) is 0 Å². The number of benzene rings is 1. The number of hydrogen-bond donors (Lipinski definition) is 1. The van der Waals surface area contributed by atoms with E-state index in [1.165, 1.54) is 35.4 Å². The Bertz CT molecular complexity index is 557. The molecule has 1 aromatic carbocycles. The highest BCUT2D eigenvalue weighted by Gasteiger charge is 2.29. The van der Waals surface area contributed by atoms with Crippen LogP contribution in [0.5, 0.6) is 0 Å². The topological polar surface area (TPSA) is 24.9 Å². The summed E-state index contributed by atoms with van der Waals surface area (Å²) >= 11 is 1.83. The fourth-order valence-electron chi connectivity index (χ4n) is 3.63. The van der Waals surface area contributed by atoms with Gasteiger partial charge in [-0.2, -0.15) is 0 Å². The van der Waals surface area contributed by atoms with E-state index in [0.717, 1.165) is 17.4 Å². The van der Waals surface area contributed by atoms with Crippen LogP contribution in [0.15, 0.2) is 24.3 Å². The van der Waals surface area contributed by atoms with Crippen molar-refractivity contribution in [3.05, 3.63) is 29.3 Å². The highest BCUT2D eigenvalue weighted by molar-refractivity contribution is 7.18. The maximum atomic E-state index is 4.80. The van der Waals surface area contributed by atoms with Crippen molar-refractivity contribution >= 4 is 21.6 Å². The van der Waals surface area contributed by atoms with Crippen LogP contribution in [0, 0.1) is 11.8 Å². The molecule has 0 bridgehead atoms. The molecule has 21 heavy (non-hydrogen) atoms. The predicted molar refractivity (Wildman–Crippen MR) is 91.8 cm³/mol. The summed E-state index contributed by atoms with van der Waals surface area (Å²) in [7, 11) is 0. The Hall–Kier alpha value is -0.930. The van der Waals surface area contributed by atoms with Crippen LogP contribution in [-0.4, -0.2) is 11.0 Å². The third-order valence-electron chi connectivity index (χ3n) is 4.82. The molecule has 3 unspecified atom stereocenters. The van der Waals surface area contributed by atoms with Crippen LogP contribution in [0.4, 0.5) is 0 Å². The average molecular weight is 302 g/mol. The van der Waals surface area contributed by atoms with Crippen LogP contribution in [0.3, 0.4) is 0 Å². The molecule has 3 rings (SSSR count). The van der Waals surface area contributed by atoms with Crippen molar-refractivity contribution in [1.29, 1.82) is 0 Å². The quantitative estimate of drug-likeness (QED) is 0.843. The van der Waals surface area contributed by atoms with Gasteiger partial charge in [-0.15, -0.1) is 11.3 Å². The third kappa shape index (κ3) is 3.29. The monoisotopic (exact) mass is 302 g/mol. The minimum atomic E-state index is 0.353. The zero-order chi connectivity index (χ0) is 14.8. The van der Waals surface area contributed by atoms with Crippen LogP contribution in [0.25, 0.3) is 10.2 Å². The molecule has 3 atom stereocenters. The SMILES string of the molecule is CC(NC1CCCCC1C(C)C)c1nc2ccccc2s1. The normalized spacial score (nSPS) is 24.6. The molecule has 1 fully saturated rings. The fourth-order valence-corrected chi connectivity index (χ4v) is 4.61. The van der Waals surface area contributed by atoms with E-state index in [9.17, 15) is 0 Å². The van der Waals surface area contributed by atoms with Crippen molar-refractivity contribution in [2.45, 2.75) is 58.5 Å². The smallest absolute Gasteiger partial charge is 0.111 e. The summed E-state index contributed by atoms with van der Waals surface area (Å²) < 4.78 is 1.30. The van der Waals surface area contributed by atoms with Crippen molar-refractivity contribution in [3.63, 3.8) is 0 Å². The van der Waals surface area contributed by atoms with E-state index in [0.29, 0.717) is 12.1 Å². The lowest BCUT2D eigenvalue weighted by atomic mass is 9.77. The Morgan fingerprint density at radius 1 is 1.14 bits per heavy atom. The molecule has 1 saturated carbocycles. The lowest BCUT2D eigenvalue weighted by molar-refractivity contribution is 0.195. The molecule has 114 valence electrons. The van der Waals surface area contributed by atoms with Gasteiger partial charge in [0.25, 0.3) is 0 Å². The number of nitrogens with zero attached hydrogens (tertiary/aromatic N) is 1. The first-order valence-corrected chi connectivity index (χ1v) is 9.08. The average Bonchev–Trinajstić information content (AvgIpc) is 2.91. The largest absolute Gasteiger partial charge is 0.305 e. The fraction of sp³-hybridized carbons (Fsp3) is 0.611. The zero-order valence-electron chi connectivity index (χ0n) is 13.3. The van der Waals surface area contributed by atoms with Gasteiger partial charge in [0.2, 0.25) is 0 Å². The van der Waals surface area contributed by atoms with Crippen molar-refractivity contribution in [3.8, 4) is 0 Å². The highest BCUT2D eigenvalue weighted by atomic mass is 32.1. The van der Waals surface area contributed by atoms with Gasteiger partial charge in [-0.25, -0.2) is 4.98 Å². The number of nitrogens with one attached hydrogen (secondary N) is 1. The number of fused-ring (bicyclic) bond motifs is 1. The Morgan fingerprint density at radius 2 is 1.90 bits per heavy atom. The Labute approximate surface area is 132 Å². The van der Waals surface area contributed by atoms with Gasteiger partial charge in [0.15, 0.2) is 0 Å². The molecule has 1 aliphatic carbocycles. The molecule has 1 heterocycles. The van der Waals surface area contributed by atoms with E-state index in [-0.39, 0.29) is 0 Å². The van der Waals surface area contributed by atoms with Crippen LogP contribution in [0.1, 0.15) is 57.5 Å². The first-order valence-electron chi connectivity index (χ1n) is 8.26. The first kappa shape index (κ1) is 15.0. The number of aromatic nitrogens is 1. The molecular formula is C18H26N2S. The molecule has 3 heteroatoms. The second kappa shape index (κ2) is 6.45. The molecule has 0 amide bonds. The Morgan fingerprint density at radius 3 is 2.67 bits per heavy atom. The lowest BCUT2D eigenvalue weighted by Crippen LogP contribution is -2.41. The summed E-state index contributed by atoms with van der Waals surface area (Å²) in [6.07, 6.45) is 5.46. The molecule has 1 aromatic heterocycles. The zero-order valence-corrected chi connectivity index (χ0v) is 14.1. The Kier molecular flexibility index (Phi) is 4.60. The van der Waals surface area contributed by atoms with Gasteiger partial charge in [0.05, 0.1) is 16.3 Å². The molecule has 2 nitrogen and oxygen atoms in total. The lowest BCUT2D eigenvalue weighted by Gasteiger charge is -2.36. The third-order valence-corrected chi connectivity index (χ3v) is 6.04. The van der Waals surface area contributed by atoms with Gasteiger partial charge in [0, 0.05) is 6.04 Å². The highest BCUT2D eigenvalue weighted by Crippen LogP contribution is 2.33. The summed E-state index contributed by atoms with van der Waals surface area (Å²) in [5, 5.41) is 5.10. The second-order valence-electron chi connectivity index (χ2n) is 6.71. The molecule has 0 spiro atoms. The number of thiazole rings is 1.